The fourth-order valence-corrected chi connectivity index (χ4v) is 3.37. The molecule has 2 amide bonds. The molecule has 0 aliphatic rings. The predicted octanol–water partition coefficient (Wildman–Crippen LogP) is 6.03. The maximum Gasteiger partial charge on any atom is 0.417 e. The molecule has 1 aromatic heterocycles. The zero-order valence-electron chi connectivity index (χ0n) is 18.3. The third kappa shape index (κ3) is 6.11. The molecule has 4 rings (SSSR count). The minimum Gasteiger partial charge on any atom is -0.487 e. The molecule has 0 atom stereocenters. The van der Waals surface area contributed by atoms with E-state index in [1.807, 2.05) is 0 Å². The fraction of sp³-hybridized carbons (Fsp3) is 0.0833. The summed E-state index contributed by atoms with van der Waals surface area (Å²) in [5.41, 5.74) is 0.926. The summed E-state index contributed by atoms with van der Waals surface area (Å²) in [5.74, 6) is 0.416. The first-order valence-electron chi connectivity index (χ1n) is 10.3. The van der Waals surface area contributed by atoms with Crippen LogP contribution in [0.15, 0.2) is 72.9 Å². The second-order valence-electron chi connectivity index (χ2n) is 7.40. The molecule has 0 saturated heterocycles. The summed E-state index contributed by atoms with van der Waals surface area (Å²) in [6.07, 6.45) is -2.99. The number of nitrogens with zero attached hydrogens (tertiary/aromatic N) is 4. The van der Waals surface area contributed by atoms with Crippen molar-refractivity contribution < 1.29 is 22.7 Å². The maximum absolute atomic E-state index is 13.0. The van der Waals surface area contributed by atoms with Crippen LogP contribution in [0.4, 0.5) is 29.3 Å². The molecule has 1 heterocycles. The van der Waals surface area contributed by atoms with Crippen LogP contribution in [0, 0.1) is 11.3 Å². The number of hydrogen-bond donors (Lipinski definition) is 2. The van der Waals surface area contributed by atoms with Gasteiger partial charge in [-0.2, -0.15) is 18.4 Å². The van der Waals surface area contributed by atoms with Crippen molar-refractivity contribution in [1.29, 1.82) is 5.26 Å². The zero-order valence-corrected chi connectivity index (χ0v) is 19.0. The molecule has 0 unspecified atom stereocenters. The molecular weight excluding hydrogens is 497 g/mol. The molecule has 0 aliphatic heterocycles. The first kappa shape index (κ1) is 24.6. The number of ether oxygens (including phenoxy) is 1. The van der Waals surface area contributed by atoms with E-state index in [-0.39, 0.29) is 12.3 Å². The molecule has 0 radical (unpaired) electrons. The van der Waals surface area contributed by atoms with Crippen molar-refractivity contribution in [3.63, 3.8) is 0 Å². The molecule has 0 bridgehead atoms. The minimum atomic E-state index is -4.65. The molecule has 0 spiro atoms. The third-order valence-corrected chi connectivity index (χ3v) is 5.12. The summed E-state index contributed by atoms with van der Waals surface area (Å²) >= 11 is 5.60. The van der Waals surface area contributed by atoms with Crippen LogP contribution in [0.25, 0.3) is 5.69 Å². The lowest BCUT2D eigenvalue weighted by Gasteiger charge is -2.13. The normalized spacial score (nSPS) is 11.0. The van der Waals surface area contributed by atoms with Crippen molar-refractivity contribution in [1.82, 2.24) is 15.0 Å². The van der Waals surface area contributed by atoms with Crippen LogP contribution in [0.5, 0.6) is 5.75 Å². The number of halogens is 4. The van der Waals surface area contributed by atoms with E-state index in [1.165, 1.54) is 10.7 Å². The first-order valence-corrected chi connectivity index (χ1v) is 10.7. The van der Waals surface area contributed by atoms with Crippen molar-refractivity contribution in [2.45, 2.75) is 12.8 Å². The summed E-state index contributed by atoms with van der Waals surface area (Å²) in [6.45, 7) is 0.0819. The van der Waals surface area contributed by atoms with E-state index in [1.54, 1.807) is 54.7 Å². The maximum atomic E-state index is 13.0. The standard InChI is InChI=1S/C24H16ClF3N6O2/c25-22-8-7-17(11-21(22)24(26,27)28)31-23(35)30-16-4-2-6-20(10-16)36-14-18-13-34(33-32-18)19-5-1-3-15(9-19)12-29/h1-11,13H,14H2,(H2,30,31,35). The van der Waals surface area contributed by atoms with Crippen LogP contribution in [-0.2, 0) is 12.8 Å². The molecule has 4 aromatic rings. The number of carbonyl (C=O) groups is 1. The van der Waals surface area contributed by atoms with Crippen molar-refractivity contribution in [3.05, 3.63) is 94.8 Å². The smallest absolute Gasteiger partial charge is 0.417 e. The molecule has 0 saturated carbocycles. The lowest BCUT2D eigenvalue weighted by atomic mass is 10.2. The number of rotatable bonds is 6. The number of urea groups is 1. The quantitative estimate of drug-likeness (QED) is 0.328. The molecule has 36 heavy (non-hydrogen) atoms. The van der Waals surface area contributed by atoms with Crippen molar-refractivity contribution >= 4 is 29.0 Å². The molecule has 12 heteroatoms. The first-order chi connectivity index (χ1) is 17.2. The van der Waals surface area contributed by atoms with Gasteiger partial charge in [-0.05, 0) is 48.5 Å². The predicted molar refractivity (Wildman–Crippen MR) is 126 cm³/mol. The number of alkyl halides is 3. The van der Waals surface area contributed by atoms with E-state index in [0.29, 0.717) is 28.4 Å². The van der Waals surface area contributed by atoms with Gasteiger partial charge in [0.25, 0.3) is 0 Å². The Bertz CT molecular complexity index is 1450. The van der Waals surface area contributed by atoms with Gasteiger partial charge >= 0.3 is 12.2 Å². The van der Waals surface area contributed by atoms with Gasteiger partial charge in [0, 0.05) is 17.4 Å². The van der Waals surface area contributed by atoms with E-state index in [0.717, 1.165) is 12.1 Å². The van der Waals surface area contributed by atoms with E-state index < -0.39 is 22.8 Å². The number of amides is 2. The highest BCUT2D eigenvalue weighted by Crippen LogP contribution is 2.36. The lowest BCUT2D eigenvalue weighted by molar-refractivity contribution is -0.137. The summed E-state index contributed by atoms with van der Waals surface area (Å²) in [7, 11) is 0. The van der Waals surface area contributed by atoms with Crippen LogP contribution in [0.1, 0.15) is 16.8 Å². The van der Waals surface area contributed by atoms with Gasteiger partial charge in [-0.1, -0.05) is 28.9 Å². The molecule has 182 valence electrons. The third-order valence-electron chi connectivity index (χ3n) is 4.79. The monoisotopic (exact) mass is 512 g/mol. The zero-order chi connectivity index (χ0) is 25.7. The summed E-state index contributed by atoms with van der Waals surface area (Å²) < 4.78 is 46.3. The molecule has 0 fully saturated rings. The van der Waals surface area contributed by atoms with Gasteiger partial charge in [0.2, 0.25) is 0 Å². The van der Waals surface area contributed by atoms with Crippen LogP contribution < -0.4 is 15.4 Å². The van der Waals surface area contributed by atoms with Crippen molar-refractivity contribution in [2.24, 2.45) is 0 Å². The van der Waals surface area contributed by atoms with Gasteiger partial charge < -0.3 is 15.4 Å². The molecule has 2 N–H and O–H groups in total. The Morgan fingerprint density at radius 1 is 1.06 bits per heavy atom. The highest BCUT2D eigenvalue weighted by atomic mass is 35.5. The number of nitriles is 1. The average molecular weight is 513 g/mol. The van der Waals surface area contributed by atoms with Gasteiger partial charge in [-0.15, -0.1) is 5.10 Å². The Hall–Kier alpha value is -4.56. The Labute approximate surface area is 207 Å². The van der Waals surface area contributed by atoms with Gasteiger partial charge in [0.05, 0.1) is 34.1 Å². The molecule has 0 aliphatic carbocycles. The lowest BCUT2D eigenvalue weighted by Crippen LogP contribution is -2.20. The van der Waals surface area contributed by atoms with E-state index >= 15 is 0 Å². The average Bonchev–Trinajstić information content (AvgIpc) is 3.33. The number of hydrogen-bond acceptors (Lipinski definition) is 5. The Morgan fingerprint density at radius 3 is 2.56 bits per heavy atom. The topological polar surface area (TPSA) is 105 Å². The minimum absolute atomic E-state index is 0.0694. The Morgan fingerprint density at radius 2 is 1.81 bits per heavy atom. The SMILES string of the molecule is N#Cc1cccc(-n2cc(COc3cccc(NC(=O)Nc4ccc(Cl)c(C(F)(F)F)c4)c3)nn2)c1. The largest absolute Gasteiger partial charge is 0.487 e. The van der Waals surface area contributed by atoms with Crippen LogP contribution in [-0.4, -0.2) is 21.0 Å². The van der Waals surface area contributed by atoms with E-state index in [2.05, 4.69) is 27.0 Å². The van der Waals surface area contributed by atoms with Crippen LogP contribution >= 0.6 is 11.6 Å². The molecule has 3 aromatic carbocycles. The number of benzene rings is 3. The summed E-state index contributed by atoms with van der Waals surface area (Å²) in [5, 5.41) is 21.5. The van der Waals surface area contributed by atoms with Gasteiger partial charge in [0.1, 0.15) is 18.1 Å². The van der Waals surface area contributed by atoms with Gasteiger partial charge in [-0.25, -0.2) is 9.48 Å². The summed E-state index contributed by atoms with van der Waals surface area (Å²) in [6, 6.07) is 17.7. The molecular formula is C24H16ClF3N6O2. The van der Waals surface area contributed by atoms with Crippen LogP contribution in [0.3, 0.4) is 0 Å². The number of anilines is 2. The number of carbonyl (C=O) groups excluding carboxylic acids is 1. The fourth-order valence-electron chi connectivity index (χ4n) is 3.14. The van der Waals surface area contributed by atoms with E-state index in [4.69, 9.17) is 21.6 Å². The van der Waals surface area contributed by atoms with Gasteiger partial charge in [0.15, 0.2) is 0 Å². The summed E-state index contributed by atoms with van der Waals surface area (Å²) in [4.78, 5) is 12.3. The van der Waals surface area contributed by atoms with Gasteiger partial charge in [-0.3, -0.25) is 0 Å². The van der Waals surface area contributed by atoms with E-state index in [9.17, 15) is 18.0 Å². The second-order valence-corrected chi connectivity index (χ2v) is 7.81. The highest BCUT2D eigenvalue weighted by Gasteiger charge is 2.33. The Kier molecular flexibility index (Phi) is 7.07. The van der Waals surface area contributed by atoms with Crippen molar-refractivity contribution in [2.75, 3.05) is 10.6 Å². The highest BCUT2D eigenvalue weighted by molar-refractivity contribution is 6.31. The Balaban J connectivity index is 1.36. The molecule has 8 nitrogen and oxygen atoms in total. The number of aromatic nitrogens is 3. The van der Waals surface area contributed by atoms with Crippen LogP contribution in [0.2, 0.25) is 5.02 Å². The number of nitrogens with one attached hydrogen (secondary N) is 2. The second kappa shape index (κ2) is 10.4. The van der Waals surface area contributed by atoms with Crippen molar-refractivity contribution in [3.8, 4) is 17.5 Å².